The molecule has 0 saturated heterocycles. The molecule has 2 aromatic heterocycles. The Hall–Kier alpha value is -1.89. The number of nitrogens with zero attached hydrogens (tertiary/aromatic N) is 1. The number of esters is 1. The van der Waals surface area contributed by atoms with Crippen molar-refractivity contribution in [2.24, 2.45) is 0 Å². The number of carbonyl (C=O) groups is 1. The fourth-order valence-electron chi connectivity index (χ4n) is 2.60. The number of aromatic nitrogens is 2. The highest BCUT2D eigenvalue weighted by atomic mass is 32.1. The van der Waals surface area contributed by atoms with Gasteiger partial charge in [0.2, 0.25) is 0 Å². The second-order valence-corrected chi connectivity index (χ2v) is 8.44. The predicted octanol–water partition coefficient (Wildman–Crippen LogP) is 2.70. The standard InChI is InChI=1S/C17H24N2O4S/c1-8-10-9(2)11-12(24-10)18-15(22)19(13(11)20)17(6,7)14(21)23-16(3,4)5/h8H2,1-7H3,(H,18,22). The van der Waals surface area contributed by atoms with E-state index in [4.69, 9.17) is 4.74 Å². The van der Waals surface area contributed by atoms with Gasteiger partial charge in [-0.25, -0.2) is 14.2 Å². The molecule has 0 bridgehead atoms. The van der Waals surface area contributed by atoms with E-state index in [1.54, 1.807) is 20.8 Å². The van der Waals surface area contributed by atoms with Crippen molar-refractivity contribution in [3.8, 4) is 0 Å². The summed E-state index contributed by atoms with van der Waals surface area (Å²) in [6, 6.07) is 0. The van der Waals surface area contributed by atoms with E-state index in [0.717, 1.165) is 21.4 Å². The largest absolute Gasteiger partial charge is 0.458 e. The zero-order valence-electron chi connectivity index (χ0n) is 15.2. The lowest BCUT2D eigenvalue weighted by atomic mass is 10.0. The maximum atomic E-state index is 13.0. The molecule has 0 fully saturated rings. The first-order valence-electron chi connectivity index (χ1n) is 7.91. The van der Waals surface area contributed by atoms with Crippen molar-refractivity contribution < 1.29 is 9.53 Å². The van der Waals surface area contributed by atoms with Crippen molar-refractivity contribution in [1.82, 2.24) is 9.55 Å². The maximum absolute atomic E-state index is 13.0. The minimum atomic E-state index is -1.41. The van der Waals surface area contributed by atoms with Gasteiger partial charge in [-0.3, -0.25) is 9.78 Å². The van der Waals surface area contributed by atoms with Gasteiger partial charge in [0.25, 0.3) is 5.56 Å². The molecule has 0 radical (unpaired) electrons. The Morgan fingerprint density at radius 2 is 1.79 bits per heavy atom. The van der Waals surface area contributed by atoms with Crippen molar-refractivity contribution in [3.63, 3.8) is 0 Å². The number of ether oxygens (including phenoxy) is 1. The van der Waals surface area contributed by atoms with E-state index in [-0.39, 0.29) is 0 Å². The number of rotatable bonds is 3. The number of aryl methyl sites for hydroxylation is 2. The smallest absolute Gasteiger partial charge is 0.332 e. The van der Waals surface area contributed by atoms with Crippen LogP contribution in [0.3, 0.4) is 0 Å². The monoisotopic (exact) mass is 352 g/mol. The van der Waals surface area contributed by atoms with Gasteiger partial charge in [-0.15, -0.1) is 11.3 Å². The number of fused-ring (bicyclic) bond motifs is 1. The van der Waals surface area contributed by atoms with E-state index in [1.807, 2.05) is 13.8 Å². The average molecular weight is 352 g/mol. The number of thiophene rings is 1. The van der Waals surface area contributed by atoms with Crippen LogP contribution in [0, 0.1) is 6.92 Å². The van der Waals surface area contributed by atoms with Crippen LogP contribution >= 0.6 is 11.3 Å². The third-order valence-corrected chi connectivity index (χ3v) is 5.22. The van der Waals surface area contributed by atoms with E-state index >= 15 is 0 Å². The zero-order chi connectivity index (χ0) is 18.4. The van der Waals surface area contributed by atoms with Gasteiger partial charge in [0, 0.05) is 4.88 Å². The van der Waals surface area contributed by atoms with Crippen LogP contribution in [-0.4, -0.2) is 21.1 Å². The molecule has 0 unspecified atom stereocenters. The zero-order valence-corrected chi connectivity index (χ0v) is 16.0. The van der Waals surface area contributed by atoms with Crippen molar-refractivity contribution in [2.75, 3.05) is 0 Å². The van der Waals surface area contributed by atoms with E-state index in [0.29, 0.717) is 10.2 Å². The van der Waals surface area contributed by atoms with Crippen molar-refractivity contribution in [3.05, 3.63) is 31.3 Å². The number of carbonyl (C=O) groups excluding carboxylic acids is 1. The van der Waals surface area contributed by atoms with Gasteiger partial charge in [0.05, 0.1) is 5.39 Å². The Morgan fingerprint density at radius 3 is 2.29 bits per heavy atom. The molecule has 0 saturated carbocycles. The lowest BCUT2D eigenvalue weighted by Crippen LogP contribution is -2.52. The summed E-state index contributed by atoms with van der Waals surface area (Å²) < 4.78 is 6.35. The second-order valence-electron chi connectivity index (χ2n) is 7.34. The van der Waals surface area contributed by atoms with Gasteiger partial charge in [0.1, 0.15) is 16.0 Å². The molecular formula is C17H24N2O4S. The highest BCUT2D eigenvalue weighted by molar-refractivity contribution is 7.18. The van der Waals surface area contributed by atoms with Crippen LogP contribution in [0.5, 0.6) is 0 Å². The second kappa shape index (κ2) is 5.88. The summed E-state index contributed by atoms with van der Waals surface area (Å²) in [5.74, 6) is -0.620. The molecule has 24 heavy (non-hydrogen) atoms. The van der Waals surface area contributed by atoms with Gasteiger partial charge in [0.15, 0.2) is 0 Å². The molecular weight excluding hydrogens is 328 g/mol. The molecule has 132 valence electrons. The molecule has 0 spiro atoms. The molecule has 6 nitrogen and oxygen atoms in total. The summed E-state index contributed by atoms with van der Waals surface area (Å²) in [7, 11) is 0. The van der Waals surface area contributed by atoms with E-state index in [2.05, 4.69) is 4.98 Å². The highest BCUT2D eigenvalue weighted by Gasteiger charge is 2.37. The number of hydrogen-bond donors (Lipinski definition) is 1. The van der Waals surface area contributed by atoms with Gasteiger partial charge in [-0.2, -0.15) is 0 Å². The molecule has 0 aliphatic carbocycles. The number of H-pyrrole nitrogens is 1. The predicted molar refractivity (Wildman–Crippen MR) is 96.0 cm³/mol. The maximum Gasteiger partial charge on any atom is 0.332 e. The topological polar surface area (TPSA) is 81.2 Å². The third kappa shape index (κ3) is 3.05. The van der Waals surface area contributed by atoms with Crippen LogP contribution in [0.25, 0.3) is 10.2 Å². The fraction of sp³-hybridized carbons (Fsp3) is 0.588. The molecule has 0 aromatic carbocycles. The first-order chi connectivity index (χ1) is 10.9. The summed E-state index contributed by atoms with van der Waals surface area (Å²) in [5, 5.41) is 0.466. The summed E-state index contributed by atoms with van der Waals surface area (Å²) in [5.41, 5.74) is -2.33. The Labute approximate surface area is 144 Å². The van der Waals surface area contributed by atoms with Crippen LogP contribution in [0.2, 0.25) is 0 Å². The Balaban J connectivity index is 2.72. The lowest BCUT2D eigenvalue weighted by Gasteiger charge is -2.29. The molecule has 0 aliphatic heterocycles. The normalized spacial score (nSPS) is 12.6. The molecule has 0 amide bonds. The fourth-order valence-corrected chi connectivity index (χ4v) is 3.73. The Morgan fingerprint density at radius 1 is 1.21 bits per heavy atom. The molecule has 7 heteroatoms. The van der Waals surface area contributed by atoms with Gasteiger partial charge >= 0.3 is 11.7 Å². The van der Waals surface area contributed by atoms with E-state index in [1.165, 1.54) is 25.2 Å². The number of hydrogen-bond acceptors (Lipinski definition) is 5. The SMILES string of the molecule is CCc1sc2[nH]c(=O)n(C(C)(C)C(=O)OC(C)(C)C)c(=O)c2c1C. The van der Waals surface area contributed by atoms with E-state index in [9.17, 15) is 14.4 Å². The molecule has 2 heterocycles. The van der Waals surface area contributed by atoms with Crippen LogP contribution < -0.4 is 11.2 Å². The van der Waals surface area contributed by atoms with Gasteiger partial charge < -0.3 is 4.74 Å². The highest BCUT2D eigenvalue weighted by Crippen LogP contribution is 2.27. The van der Waals surface area contributed by atoms with Gasteiger partial charge in [-0.05, 0) is 53.5 Å². The van der Waals surface area contributed by atoms with Crippen LogP contribution in [0.15, 0.2) is 9.59 Å². The minimum absolute atomic E-state index is 0.460. The first-order valence-corrected chi connectivity index (χ1v) is 8.73. The summed E-state index contributed by atoms with van der Waals surface area (Å²) in [6.45, 7) is 12.1. The summed E-state index contributed by atoms with van der Waals surface area (Å²) in [4.78, 5) is 42.3. The van der Waals surface area contributed by atoms with Crippen molar-refractivity contribution in [2.45, 2.75) is 66.0 Å². The molecule has 2 rings (SSSR count). The van der Waals surface area contributed by atoms with Crippen LogP contribution in [0.1, 0.15) is 52.0 Å². The van der Waals surface area contributed by atoms with E-state index < -0.39 is 28.4 Å². The quantitative estimate of drug-likeness (QED) is 0.861. The lowest BCUT2D eigenvalue weighted by molar-refractivity contribution is -0.164. The van der Waals surface area contributed by atoms with Crippen molar-refractivity contribution in [1.29, 1.82) is 0 Å². The molecule has 0 aliphatic rings. The average Bonchev–Trinajstić information content (AvgIpc) is 2.72. The Bertz CT molecular complexity index is 910. The Kier molecular flexibility index (Phi) is 4.52. The summed E-state index contributed by atoms with van der Waals surface area (Å²) >= 11 is 1.40. The first kappa shape index (κ1) is 18.4. The van der Waals surface area contributed by atoms with Gasteiger partial charge in [-0.1, -0.05) is 6.92 Å². The minimum Gasteiger partial charge on any atom is -0.458 e. The third-order valence-electron chi connectivity index (χ3n) is 3.86. The molecule has 2 aromatic rings. The summed E-state index contributed by atoms with van der Waals surface area (Å²) in [6.07, 6.45) is 0.780. The van der Waals surface area contributed by atoms with Crippen LogP contribution in [0.4, 0.5) is 0 Å². The van der Waals surface area contributed by atoms with Crippen molar-refractivity contribution >= 4 is 27.5 Å². The number of nitrogens with one attached hydrogen (secondary N) is 1. The van der Waals surface area contributed by atoms with Crippen LogP contribution in [-0.2, 0) is 21.5 Å². The molecule has 1 N–H and O–H groups in total. The molecule has 0 atom stereocenters. The number of aromatic amines is 1.